The molecule has 1 atom stereocenters. The van der Waals surface area contributed by atoms with Gasteiger partial charge in [0.05, 0.1) is 4.90 Å². The maximum Gasteiger partial charge on any atom is 0.243 e. The van der Waals surface area contributed by atoms with Crippen molar-refractivity contribution >= 4 is 21.8 Å². The predicted octanol–water partition coefficient (Wildman–Crippen LogP) is 1.89. The molecule has 0 saturated carbocycles. The first-order valence-corrected chi connectivity index (χ1v) is 9.33. The van der Waals surface area contributed by atoms with Crippen molar-refractivity contribution in [2.45, 2.75) is 37.8 Å². The Morgan fingerprint density at radius 3 is 2.60 bits per heavy atom. The average Bonchev–Trinajstić information content (AvgIpc) is 2.91. The Bertz CT molecular complexity index is 593. The summed E-state index contributed by atoms with van der Waals surface area (Å²) in [6.45, 7) is 4.16. The summed E-state index contributed by atoms with van der Waals surface area (Å²) in [6, 6.07) is 3.75. The number of hydrogen-bond acceptors (Lipinski definition) is 4. The van der Waals surface area contributed by atoms with E-state index in [1.807, 2.05) is 31.7 Å². The molecule has 20 heavy (non-hydrogen) atoms. The third-order valence-electron chi connectivity index (χ3n) is 3.93. The lowest BCUT2D eigenvalue weighted by Gasteiger charge is -2.24. The molecular weight excluding hydrogens is 292 g/mol. The lowest BCUT2D eigenvalue weighted by Crippen LogP contribution is -2.37. The third-order valence-corrected chi connectivity index (χ3v) is 7.13. The number of rotatable bonds is 4. The average molecular weight is 314 g/mol. The summed E-state index contributed by atoms with van der Waals surface area (Å²) in [5.74, 6) is 1.91. The SMILES string of the molecule is Cc1cc(C)c(S(=O)(=O)N(C)C2CCSC2)cc1CN. The van der Waals surface area contributed by atoms with E-state index in [0.29, 0.717) is 11.4 Å². The van der Waals surface area contributed by atoms with Crippen molar-refractivity contribution < 1.29 is 8.42 Å². The van der Waals surface area contributed by atoms with E-state index < -0.39 is 10.0 Å². The summed E-state index contributed by atoms with van der Waals surface area (Å²) >= 11 is 1.81. The molecule has 1 aromatic rings. The molecule has 2 rings (SSSR count). The lowest BCUT2D eigenvalue weighted by molar-refractivity contribution is 0.394. The molecule has 2 N–H and O–H groups in total. The predicted molar refractivity (Wildman–Crippen MR) is 84.5 cm³/mol. The van der Waals surface area contributed by atoms with Crippen molar-refractivity contribution in [2.75, 3.05) is 18.6 Å². The molecule has 0 bridgehead atoms. The topological polar surface area (TPSA) is 63.4 Å². The van der Waals surface area contributed by atoms with Crippen molar-refractivity contribution in [3.05, 3.63) is 28.8 Å². The number of thioether (sulfide) groups is 1. The van der Waals surface area contributed by atoms with E-state index in [9.17, 15) is 8.42 Å². The van der Waals surface area contributed by atoms with Crippen LogP contribution in [0, 0.1) is 13.8 Å². The summed E-state index contributed by atoms with van der Waals surface area (Å²) in [6.07, 6.45) is 0.926. The first kappa shape index (κ1) is 15.8. The van der Waals surface area contributed by atoms with Gasteiger partial charge in [0.25, 0.3) is 0 Å². The van der Waals surface area contributed by atoms with E-state index in [0.717, 1.165) is 34.6 Å². The Hall–Kier alpha value is -0.560. The molecule has 0 amide bonds. The summed E-state index contributed by atoms with van der Waals surface area (Å²) in [7, 11) is -1.75. The van der Waals surface area contributed by atoms with Crippen molar-refractivity contribution in [1.82, 2.24) is 4.31 Å². The number of aryl methyl sites for hydroxylation is 2. The highest BCUT2D eigenvalue weighted by Crippen LogP contribution is 2.28. The van der Waals surface area contributed by atoms with Crippen LogP contribution in [-0.2, 0) is 16.6 Å². The Morgan fingerprint density at radius 2 is 2.05 bits per heavy atom. The number of sulfonamides is 1. The highest BCUT2D eigenvalue weighted by atomic mass is 32.2. The summed E-state index contributed by atoms with van der Waals surface area (Å²) < 4.78 is 27.1. The zero-order valence-electron chi connectivity index (χ0n) is 12.2. The summed E-state index contributed by atoms with van der Waals surface area (Å²) in [5, 5.41) is 0. The van der Waals surface area contributed by atoms with Crippen molar-refractivity contribution in [2.24, 2.45) is 5.73 Å². The Morgan fingerprint density at radius 1 is 1.35 bits per heavy atom. The van der Waals surface area contributed by atoms with E-state index in [1.54, 1.807) is 13.1 Å². The molecule has 112 valence electrons. The van der Waals surface area contributed by atoms with E-state index in [-0.39, 0.29) is 6.04 Å². The van der Waals surface area contributed by atoms with Crippen LogP contribution in [0.1, 0.15) is 23.1 Å². The van der Waals surface area contributed by atoms with E-state index in [2.05, 4.69) is 0 Å². The van der Waals surface area contributed by atoms with Gasteiger partial charge in [0, 0.05) is 25.4 Å². The highest BCUT2D eigenvalue weighted by Gasteiger charge is 2.31. The van der Waals surface area contributed by atoms with Crippen LogP contribution >= 0.6 is 11.8 Å². The van der Waals surface area contributed by atoms with Gasteiger partial charge in [-0.1, -0.05) is 6.07 Å². The minimum Gasteiger partial charge on any atom is -0.326 e. The molecule has 0 aliphatic carbocycles. The third kappa shape index (κ3) is 2.88. The number of benzene rings is 1. The standard InChI is InChI=1S/C14H22N2O2S2/c1-10-6-11(2)14(7-12(10)8-15)20(17,18)16(3)13-4-5-19-9-13/h6-7,13H,4-5,8-9,15H2,1-3H3. The van der Waals surface area contributed by atoms with Gasteiger partial charge in [-0.05, 0) is 48.8 Å². The Labute approximate surface area is 125 Å². The fourth-order valence-electron chi connectivity index (χ4n) is 2.53. The molecule has 0 spiro atoms. The smallest absolute Gasteiger partial charge is 0.243 e. The molecule has 1 aromatic carbocycles. The Balaban J connectivity index is 2.43. The van der Waals surface area contributed by atoms with E-state index >= 15 is 0 Å². The largest absolute Gasteiger partial charge is 0.326 e. The fourth-order valence-corrected chi connectivity index (χ4v) is 5.53. The number of hydrogen-bond donors (Lipinski definition) is 1. The van der Waals surface area contributed by atoms with Gasteiger partial charge in [0.2, 0.25) is 10.0 Å². The van der Waals surface area contributed by atoms with Crippen LogP contribution < -0.4 is 5.73 Å². The maximum absolute atomic E-state index is 12.8. The quantitative estimate of drug-likeness (QED) is 0.922. The molecule has 1 aliphatic heterocycles. The monoisotopic (exact) mass is 314 g/mol. The van der Waals surface area contributed by atoms with Gasteiger partial charge in [-0.3, -0.25) is 0 Å². The van der Waals surface area contributed by atoms with Crippen LogP contribution in [-0.4, -0.2) is 37.3 Å². The van der Waals surface area contributed by atoms with Crippen LogP contribution in [0.25, 0.3) is 0 Å². The summed E-state index contributed by atoms with van der Waals surface area (Å²) in [4.78, 5) is 0.392. The lowest BCUT2D eigenvalue weighted by atomic mass is 10.1. The second kappa shape index (κ2) is 6.05. The van der Waals surface area contributed by atoms with Gasteiger partial charge in [0.15, 0.2) is 0 Å². The van der Waals surface area contributed by atoms with Gasteiger partial charge in [-0.2, -0.15) is 16.1 Å². The minimum absolute atomic E-state index is 0.104. The maximum atomic E-state index is 12.8. The molecule has 1 fully saturated rings. The van der Waals surface area contributed by atoms with Crippen molar-refractivity contribution in [3.63, 3.8) is 0 Å². The van der Waals surface area contributed by atoms with Crippen LogP contribution in [0.15, 0.2) is 17.0 Å². The first-order chi connectivity index (χ1) is 9.37. The zero-order valence-corrected chi connectivity index (χ0v) is 13.9. The zero-order chi connectivity index (χ0) is 14.9. The van der Waals surface area contributed by atoms with Gasteiger partial charge in [-0.25, -0.2) is 8.42 Å². The van der Waals surface area contributed by atoms with Gasteiger partial charge in [-0.15, -0.1) is 0 Å². The van der Waals surface area contributed by atoms with Crippen molar-refractivity contribution in [1.29, 1.82) is 0 Å². The van der Waals surface area contributed by atoms with Crippen LogP contribution in [0.4, 0.5) is 0 Å². The van der Waals surface area contributed by atoms with Crippen LogP contribution in [0.5, 0.6) is 0 Å². The first-order valence-electron chi connectivity index (χ1n) is 6.74. The molecule has 1 heterocycles. The molecule has 1 unspecified atom stereocenters. The normalized spacial score (nSPS) is 19.8. The molecule has 1 aliphatic rings. The Kier molecular flexibility index (Phi) is 4.79. The second-order valence-electron chi connectivity index (χ2n) is 5.29. The van der Waals surface area contributed by atoms with Crippen molar-refractivity contribution in [3.8, 4) is 0 Å². The molecule has 4 nitrogen and oxygen atoms in total. The molecule has 1 saturated heterocycles. The van der Waals surface area contributed by atoms with E-state index in [1.165, 1.54) is 4.31 Å². The number of nitrogens with two attached hydrogens (primary N) is 1. The van der Waals surface area contributed by atoms with Gasteiger partial charge in [0.1, 0.15) is 0 Å². The second-order valence-corrected chi connectivity index (χ2v) is 8.40. The van der Waals surface area contributed by atoms with Gasteiger partial charge >= 0.3 is 0 Å². The van der Waals surface area contributed by atoms with Gasteiger partial charge < -0.3 is 5.73 Å². The summed E-state index contributed by atoms with van der Waals surface area (Å²) in [5.41, 5.74) is 8.42. The molecule has 0 aromatic heterocycles. The number of nitrogens with zero attached hydrogens (tertiary/aromatic N) is 1. The van der Waals surface area contributed by atoms with E-state index in [4.69, 9.17) is 5.73 Å². The highest BCUT2D eigenvalue weighted by molar-refractivity contribution is 7.99. The fraction of sp³-hybridized carbons (Fsp3) is 0.571. The molecule has 0 radical (unpaired) electrons. The van der Waals surface area contributed by atoms with Crippen LogP contribution in [0.3, 0.4) is 0 Å². The minimum atomic E-state index is -3.44. The molecule has 6 heteroatoms. The van der Waals surface area contributed by atoms with Crippen LogP contribution in [0.2, 0.25) is 0 Å². The molecular formula is C14H22N2O2S2.